The van der Waals surface area contributed by atoms with Gasteiger partial charge in [-0.2, -0.15) is 0 Å². The van der Waals surface area contributed by atoms with Crippen LogP contribution in [0.1, 0.15) is 19.8 Å². The summed E-state index contributed by atoms with van der Waals surface area (Å²) in [6, 6.07) is 5.87. The van der Waals surface area contributed by atoms with Gasteiger partial charge in [-0.05, 0) is 40.5 Å². The first kappa shape index (κ1) is 16.5. The van der Waals surface area contributed by atoms with Gasteiger partial charge in [-0.15, -0.1) is 0 Å². The summed E-state index contributed by atoms with van der Waals surface area (Å²) in [4.78, 5) is 9.92. The summed E-state index contributed by atoms with van der Waals surface area (Å²) in [6.45, 7) is 3.32. The van der Waals surface area contributed by atoms with Crippen molar-refractivity contribution in [3.05, 3.63) is 28.9 Å². The summed E-state index contributed by atoms with van der Waals surface area (Å²) in [7, 11) is 0. The first-order valence-electron chi connectivity index (χ1n) is 8.05. The molecule has 0 atom stereocenters. The van der Waals surface area contributed by atoms with Crippen molar-refractivity contribution in [3.8, 4) is 11.5 Å². The van der Waals surface area contributed by atoms with E-state index in [0.29, 0.717) is 5.82 Å². The third-order valence-corrected chi connectivity index (χ3v) is 5.99. The number of nitrogens with zero attached hydrogens (tertiary/aromatic N) is 3. The molecular weight excluding hydrogens is 404 g/mol. The zero-order valence-electron chi connectivity index (χ0n) is 13.7. The molecule has 1 aliphatic heterocycles. The Kier molecular flexibility index (Phi) is 4.47. The van der Waals surface area contributed by atoms with E-state index in [4.69, 9.17) is 20.2 Å². The van der Waals surface area contributed by atoms with Crippen molar-refractivity contribution in [2.45, 2.75) is 36.4 Å². The molecule has 25 heavy (non-hydrogen) atoms. The van der Waals surface area contributed by atoms with Crippen molar-refractivity contribution in [1.29, 1.82) is 0 Å². The van der Waals surface area contributed by atoms with Gasteiger partial charge >= 0.3 is 0 Å². The fraction of sp³-hybridized carbons (Fsp3) is 0.294. The molecule has 3 aromatic rings. The van der Waals surface area contributed by atoms with Gasteiger partial charge in [0, 0.05) is 22.1 Å². The highest BCUT2D eigenvalue weighted by Gasteiger charge is 2.20. The number of hydrogen-bond acceptors (Lipinski definition) is 6. The molecule has 4 rings (SSSR count). The maximum absolute atomic E-state index is 6.02. The smallest absolute Gasteiger partial charge is 0.231 e. The van der Waals surface area contributed by atoms with Gasteiger partial charge in [0.25, 0.3) is 0 Å². The first-order valence-corrected chi connectivity index (χ1v) is 9.66. The number of benzene rings is 1. The van der Waals surface area contributed by atoms with Crippen LogP contribution in [0, 0.1) is 0 Å². The van der Waals surface area contributed by atoms with E-state index in [2.05, 4.69) is 32.4 Å². The number of halogens is 1. The molecule has 1 aromatic carbocycles. The number of fused-ring (bicyclic) bond motifs is 2. The highest BCUT2D eigenvalue weighted by atomic mass is 79.9. The van der Waals surface area contributed by atoms with Crippen molar-refractivity contribution < 1.29 is 9.47 Å². The van der Waals surface area contributed by atoms with Gasteiger partial charge in [0.05, 0.1) is 5.52 Å². The van der Waals surface area contributed by atoms with E-state index in [1.54, 1.807) is 18.0 Å². The maximum Gasteiger partial charge on any atom is 0.231 e. The van der Waals surface area contributed by atoms with Crippen LogP contribution in [0.5, 0.6) is 11.5 Å². The molecule has 0 unspecified atom stereocenters. The number of aromatic nitrogens is 3. The molecule has 0 spiro atoms. The van der Waals surface area contributed by atoms with Gasteiger partial charge < -0.3 is 19.8 Å². The molecule has 0 radical (unpaired) electrons. The Hall–Kier alpha value is -1.93. The molecule has 2 aromatic heterocycles. The molecule has 0 amide bonds. The van der Waals surface area contributed by atoms with Crippen LogP contribution in [0.15, 0.2) is 38.9 Å². The van der Waals surface area contributed by atoms with Gasteiger partial charge in [0.1, 0.15) is 5.52 Å². The number of nitrogens with two attached hydrogens (primary N) is 1. The lowest BCUT2D eigenvalue weighted by Gasteiger charge is -2.09. The van der Waals surface area contributed by atoms with Crippen LogP contribution < -0.4 is 15.2 Å². The normalized spacial score (nSPS) is 12.9. The summed E-state index contributed by atoms with van der Waals surface area (Å²) < 4.78 is 14.1. The molecule has 2 N–H and O–H groups in total. The van der Waals surface area contributed by atoms with Crippen LogP contribution in [0.25, 0.3) is 11.0 Å². The Morgan fingerprint density at radius 2 is 2.12 bits per heavy atom. The van der Waals surface area contributed by atoms with Crippen molar-refractivity contribution in [2.75, 3.05) is 12.5 Å². The first-order chi connectivity index (χ1) is 12.2. The number of rotatable bonds is 5. The highest BCUT2D eigenvalue weighted by Crippen LogP contribution is 2.43. The summed E-state index contributed by atoms with van der Waals surface area (Å²) in [5.74, 6) is 1.96. The van der Waals surface area contributed by atoms with Crippen LogP contribution in [0.3, 0.4) is 0 Å². The van der Waals surface area contributed by atoms with Crippen molar-refractivity contribution in [2.24, 2.45) is 0 Å². The molecule has 0 aliphatic carbocycles. The standard InChI is InChI=1S/C17H17BrN4O2S/c1-2-3-6-22-11-4-5-20-16(19)15(11)21-17(22)25-14-8-13-12(7-10(14)18)23-9-24-13/h4-5,7-8H,2-3,6,9H2,1H3,(H2,19,20). The fourth-order valence-electron chi connectivity index (χ4n) is 2.74. The van der Waals surface area contributed by atoms with E-state index in [1.165, 1.54) is 0 Å². The fourth-order valence-corrected chi connectivity index (χ4v) is 4.26. The molecule has 6 nitrogen and oxygen atoms in total. The highest BCUT2D eigenvalue weighted by molar-refractivity contribution is 9.10. The largest absolute Gasteiger partial charge is 0.454 e. The average molecular weight is 421 g/mol. The Morgan fingerprint density at radius 3 is 2.92 bits per heavy atom. The number of pyridine rings is 1. The number of nitrogen functional groups attached to an aromatic ring is 1. The quantitative estimate of drug-likeness (QED) is 0.656. The lowest BCUT2D eigenvalue weighted by molar-refractivity contribution is 0.174. The van der Waals surface area contributed by atoms with Crippen molar-refractivity contribution in [3.63, 3.8) is 0 Å². The van der Waals surface area contributed by atoms with Crippen molar-refractivity contribution in [1.82, 2.24) is 14.5 Å². The van der Waals surface area contributed by atoms with Crippen LogP contribution in [0.2, 0.25) is 0 Å². The number of hydrogen-bond donors (Lipinski definition) is 1. The van der Waals surface area contributed by atoms with Gasteiger partial charge in [0.2, 0.25) is 6.79 Å². The molecule has 0 saturated heterocycles. The van der Waals surface area contributed by atoms with Crippen LogP contribution in [-0.4, -0.2) is 21.3 Å². The van der Waals surface area contributed by atoms with Gasteiger partial charge in [-0.25, -0.2) is 9.97 Å². The SMILES string of the molecule is CCCCn1c(Sc2cc3c(cc2Br)OCO3)nc2c(N)nccc21. The maximum atomic E-state index is 6.02. The Morgan fingerprint density at radius 1 is 1.32 bits per heavy atom. The summed E-state index contributed by atoms with van der Waals surface area (Å²) in [6.07, 6.45) is 3.91. The van der Waals surface area contributed by atoms with Crippen molar-refractivity contribution >= 4 is 44.5 Å². The predicted molar refractivity (Wildman–Crippen MR) is 101 cm³/mol. The third kappa shape index (κ3) is 3.04. The second kappa shape index (κ2) is 6.76. The molecule has 8 heteroatoms. The number of imidazole rings is 1. The monoisotopic (exact) mass is 420 g/mol. The summed E-state index contributed by atoms with van der Waals surface area (Å²) in [5, 5.41) is 0.891. The minimum Gasteiger partial charge on any atom is -0.454 e. The second-order valence-corrected chi connectivity index (χ2v) is 7.56. The van der Waals surface area contributed by atoms with Gasteiger partial charge in [-0.1, -0.05) is 25.1 Å². The number of aryl methyl sites for hydroxylation is 1. The Bertz CT molecular complexity index is 944. The van der Waals surface area contributed by atoms with E-state index >= 15 is 0 Å². The molecular formula is C17H17BrN4O2S. The second-order valence-electron chi connectivity index (χ2n) is 5.70. The predicted octanol–water partition coefficient (Wildman–Crippen LogP) is 4.46. The number of ether oxygens (including phenoxy) is 2. The minimum absolute atomic E-state index is 0.257. The number of unbranched alkanes of at least 4 members (excludes halogenated alkanes) is 1. The minimum atomic E-state index is 0.257. The zero-order valence-corrected chi connectivity index (χ0v) is 16.1. The Labute approximate surface area is 157 Å². The Balaban J connectivity index is 1.77. The van der Waals surface area contributed by atoms with Crippen LogP contribution >= 0.6 is 27.7 Å². The third-order valence-electron chi connectivity index (χ3n) is 4.02. The molecule has 130 valence electrons. The number of anilines is 1. The molecule has 3 heterocycles. The van der Waals surface area contributed by atoms with E-state index in [9.17, 15) is 0 Å². The van der Waals surface area contributed by atoms with Crippen LogP contribution in [0.4, 0.5) is 5.82 Å². The van der Waals surface area contributed by atoms with Gasteiger partial charge in [-0.3, -0.25) is 0 Å². The summed E-state index contributed by atoms with van der Waals surface area (Å²) >= 11 is 5.19. The molecule has 1 aliphatic rings. The molecule has 0 saturated carbocycles. The van der Waals surface area contributed by atoms with E-state index in [-0.39, 0.29) is 6.79 Å². The van der Waals surface area contributed by atoms with E-state index < -0.39 is 0 Å². The molecule has 0 bridgehead atoms. The van der Waals surface area contributed by atoms with E-state index in [1.807, 2.05) is 18.2 Å². The van der Waals surface area contributed by atoms with Crippen LogP contribution in [-0.2, 0) is 6.54 Å². The lowest BCUT2D eigenvalue weighted by atomic mass is 10.3. The lowest BCUT2D eigenvalue weighted by Crippen LogP contribution is -2.00. The summed E-state index contributed by atoms with van der Waals surface area (Å²) in [5.41, 5.74) is 7.78. The average Bonchev–Trinajstić information content (AvgIpc) is 3.18. The van der Waals surface area contributed by atoms with E-state index in [0.717, 1.165) is 56.4 Å². The topological polar surface area (TPSA) is 75.2 Å². The van der Waals surface area contributed by atoms with Gasteiger partial charge in [0.15, 0.2) is 22.5 Å². The zero-order chi connectivity index (χ0) is 17.4. The molecule has 0 fully saturated rings.